The molecule has 1 amide bonds. The van der Waals surface area contributed by atoms with Crippen LogP contribution in [0.1, 0.15) is 43.1 Å². The molecule has 2 N–H and O–H groups in total. The van der Waals surface area contributed by atoms with E-state index in [-0.39, 0.29) is 22.9 Å². The normalized spacial score (nSPS) is 13.1. The number of para-hydroxylation sites is 1. The van der Waals surface area contributed by atoms with Crippen LogP contribution < -0.4 is 10.9 Å². The smallest absolute Gasteiger partial charge is 0.329 e. The van der Waals surface area contributed by atoms with Crippen molar-refractivity contribution in [2.75, 3.05) is 0 Å². The predicted molar refractivity (Wildman–Crippen MR) is 109 cm³/mol. The molecule has 0 saturated carbocycles. The topological polar surface area (TPSA) is 101 Å². The van der Waals surface area contributed by atoms with Gasteiger partial charge in [-0.05, 0) is 37.1 Å². The van der Waals surface area contributed by atoms with Crippen molar-refractivity contribution in [3.8, 4) is 0 Å². The number of aromatic amines is 1. The number of fused-ring (bicyclic) bond motifs is 1. The maximum absolute atomic E-state index is 13.9. The highest BCUT2D eigenvalue weighted by atomic mass is 19.1. The molecule has 3 rings (SSSR count). The largest absolute Gasteiger partial charge is 0.453 e. The fourth-order valence-electron chi connectivity index (χ4n) is 2.96. The molecule has 1 aromatic heterocycles. The number of halogens is 1. The SMILES string of the molecule is CC(C)[C@H](NC(=O)c1ccccc1F)C(=O)O[C@@H](C)c1nc2ccccc2c(=O)[nH]1. The number of carbonyl (C=O) groups excluding carboxylic acids is 2. The van der Waals surface area contributed by atoms with E-state index in [1.54, 1.807) is 45.0 Å². The van der Waals surface area contributed by atoms with Gasteiger partial charge in [0.05, 0.1) is 16.5 Å². The van der Waals surface area contributed by atoms with Crippen LogP contribution in [0.3, 0.4) is 0 Å². The van der Waals surface area contributed by atoms with Crippen LogP contribution in [0.25, 0.3) is 10.9 Å². The van der Waals surface area contributed by atoms with Gasteiger partial charge in [0.2, 0.25) is 0 Å². The zero-order valence-corrected chi connectivity index (χ0v) is 16.8. The third kappa shape index (κ3) is 4.53. The van der Waals surface area contributed by atoms with Crippen LogP contribution in [-0.2, 0) is 9.53 Å². The van der Waals surface area contributed by atoms with Gasteiger partial charge in [0.25, 0.3) is 11.5 Å². The lowest BCUT2D eigenvalue weighted by molar-refractivity contribution is -0.152. The summed E-state index contributed by atoms with van der Waals surface area (Å²) in [5.41, 5.74) is -0.0243. The number of nitrogens with zero attached hydrogens (tertiary/aromatic N) is 1. The first kappa shape index (κ1) is 21.2. The highest BCUT2D eigenvalue weighted by molar-refractivity contribution is 5.97. The van der Waals surface area contributed by atoms with Crippen molar-refractivity contribution in [3.63, 3.8) is 0 Å². The van der Waals surface area contributed by atoms with Crippen molar-refractivity contribution < 1.29 is 18.7 Å². The number of hydrogen-bond acceptors (Lipinski definition) is 5. The zero-order valence-electron chi connectivity index (χ0n) is 16.8. The molecule has 156 valence electrons. The minimum atomic E-state index is -1.01. The molecule has 3 aromatic rings. The van der Waals surface area contributed by atoms with Gasteiger partial charge in [0, 0.05) is 0 Å². The molecule has 1 heterocycles. The van der Waals surface area contributed by atoms with Crippen LogP contribution in [0.5, 0.6) is 0 Å². The second-order valence-corrected chi connectivity index (χ2v) is 7.22. The van der Waals surface area contributed by atoms with E-state index in [1.165, 1.54) is 24.3 Å². The monoisotopic (exact) mass is 411 g/mol. The lowest BCUT2D eigenvalue weighted by atomic mass is 10.0. The molecule has 0 unspecified atom stereocenters. The van der Waals surface area contributed by atoms with E-state index in [9.17, 15) is 18.8 Å². The Kier molecular flexibility index (Phi) is 6.25. The van der Waals surface area contributed by atoms with Crippen LogP contribution in [0, 0.1) is 11.7 Å². The van der Waals surface area contributed by atoms with Crippen LogP contribution >= 0.6 is 0 Å². The van der Waals surface area contributed by atoms with Gasteiger partial charge in [-0.25, -0.2) is 14.2 Å². The van der Waals surface area contributed by atoms with Crippen LogP contribution in [0.2, 0.25) is 0 Å². The van der Waals surface area contributed by atoms with E-state index in [1.807, 2.05) is 0 Å². The van der Waals surface area contributed by atoms with E-state index in [0.717, 1.165) is 0 Å². The highest BCUT2D eigenvalue weighted by Crippen LogP contribution is 2.17. The van der Waals surface area contributed by atoms with Crippen molar-refractivity contribution in [1.82, 2.24) is 15.3 Å². The maximum atomic E-state index is 13.9. The van der Waals surface area contributed by atoms with E-state index < -0.39 is 29.8 Å². The molecule has 0 fully saturated rings. The Morgan fingerprint density at radius 3 is 2.43 bits per heavy atom. The number of amides is 1. The Balaban J connectivity index is 1.77. The van der Waals surface area contributed by atoms with Crippen molar-refractivity contribution in [1.29, 1.82) is 0 Å². The number of benzene rings is 2. The first-order chi connectivity index (χ1) is 14.3. The van der Waals surface area contributed by atoms with Crippen molar-refractivity contribution in [2.45, 2.75) is 32.9 Å². The summed E-state index contributed by atoms with van der Waals surface area (Å²) in [6.45, 7) is 5.03. The number of H-pyrrole nitrogens is 1. The molecule has 8 heteroatoms. The molecule has 2 atom stereocenters. The van der Waals surface area contributed by atoms with Gasteiger partial charge in [-0.2, -0.15) is 0 Å². The number of ether oxygens (including phenoxy) is 1. The molecule has 0 aliphatic carbocycles. The summed E-state index contributed by atoms with van der Waals surface area (Å²) in [5.74, 6) is -2.23. The summed E-state index contributed by atoms with van der Waals surface area (Å²) in [5, 5.41) is 2.95. The first-order valence-corrected chi connectivity index (χ1v) is 9.52. The maximum Gasteiger partial charge on any atom is 0.329 e. The second-order valence-electron chi connectivity index (χ2n) is 7.22. The minimum absolute atomic E-state index is 0.162. The molecule has 2 aromatic carbocycles. The van der Waals surface area contributed by atoms with E-state index >= 15 is 0 Å². The summed E-state index contributed by atoms with van der Waals surface area (Å²) in [6.07, 6.45) is -0.860. The molecule has 0 bridgehead atoms. The summed E-state index contributed by atoms with van der Waals surface area (Å²) >= 11 is 0. The summed E-state index contributed by atoms with van der Waals surface area (Å²) in [6, 6.07) is 11.3. The number of hydrogen-bond donors (Lipinski definition) is 2. The Bertz CT molecular complexity index is 1140. The van der Waals surface area contributed by atoms with Crippen LogP contribution in [0.15, 0.2) is 53.3 Å². The molecule has 0 aliphatic rings. The average molecular weight is 411 g/mol. The number of nitrogens with one attached hydrogen (secondary N) is 2. The van der Waals surface area contributed by atoms with Gasteiger partial charge in [0.1, 0.15) is 11.9 Å². The first-order valence-electron chi connectivity index (χ1n) is 9.52. The molecule has 0 spiro atoms. The lowest BCUT2D eigenvalue weighted by Crippen LogP contribution is -2.45. The third-order valence-corrected chi connectivity index (χ3v) is 4.63. The van der Waals surface area contributed by atoms with E-state index in [2.05, 4.69) is 15.3 Å². The lowest BCUT2D eigenvalue weighted by Gasteiger charge is -2.23. The quantitative estimate of drug-likeness (QED) is 0.607. The molecule has 0 aliphatic heterocycles. The van der Waals surface area contributed by atoms with Crippen LogP contribution in [-0.4, -0.2) is 27.9 Å². The number of rotatable bonds is 6. The highest BCUT2D eigenvalue weighted by Gasteiger charge is 2.29. The van der Waals surface area contributed by atoms with Gasteiger partial charge in [-0.15, -0.1) is 0 Å². The minimum Gasteiger partial charge on any atom is -0.453 e. The standard InChI is InChI=1S/C22H22FN3O4/c1-12(2)18(25-20(27)14-8-4-6-10-16(14)23)22(29)30-13(3)19-24-17-11-7-5-9-15(17)21(28)26-19/h4-13,18H,1-3H3,(H,25,27)(H,24,26,28)/t13-,18-/m0/s1. The second kappa shape index (κ2) is 8.86. The fourth-order valence-corrected chi connectivity index (χ4v) is 2.96. The molecule has 7 nitrogen and oxygen atoms in total. The summed E-state index contributed by atoms with van der Waals surface area (Å²) in [4.78, 5) is 44.3. The predicted octanol–water partition coefficient (Wildman–Crippen LogP) is 3.12. The fraction of sp³-hybridized carbons (Fsp3) is 0.273. The van der Waals surface area contributed by atoms with Gasteiger partial charge >= 0.3 is 5.97 Å². The Labute approximate surface area is 172 Å². The Hall–Kier alpha value is -3.55. The Morgan fingerprint density at radius 2 is 1.73 bits per heavy atom. The van der Waals surface area contributed by atoms with Crippen molar-refractivity contribution in [3.05, 3.63) is 76.1 Å². The Morgan fingerprint density at radius 1 is 1.07 bits per heavy atom. The molecule has 0 saturated heterocycles. The molecule has 30 heavy (non-hydrogen) atoms. The van der Waals surface area contributed by atoms with Gasteiger partial charge < -0.3 is 15.0 Å². The van der Waals surface area contributed by atoms with E-state index in [0.29, 0.717) is 10.9 Å². The van der Waals surface area contributed by atoms with Gasteiger partial charge in [-0.1, -0.05) is 38.1 Å². The van der Waals surface area contributed by atoms with Crippen LogP contribution in [0.4, 0.5) is 4.39 Å². The number of esters is 1. The van der Waals surface area contributed by atoms with Gasteiger partial charge in [-0.3, -0.25) is 9.59 Å². The third-order valence-electron chi connectivity index (χ3n) is 4.63. The molecular formula is C22H22FN3O4. The van der Waals surface area contributed by atoms with Gasteiger partial charge in [0.15, 0.2) is 11.9 Å². The molecule has 0 radical (unpaired) electrons. The zero-order chi connectivity index (χ0) is 21.8. The molecular weight excluding hydrogens is 389 g/mol. The average Bonchev–Trinajstić information content (AvgIpc) is 2.71. The number of aromatic nitrogens is 2. The number of carbonyl (C=O) groups is 2. The summed E-state index contributed by atoms with van der Waals surface area (Å²) in [7, 11) is 0. The van der Waals surface area contributed by atoms with E-state index in [4.69, 9.17) is 4.74 Å². The van der Waals surface area contributed by atoms with Crippen molar-refractivity contribution >= 4 is 22.8 Å². The summed E-state index contributed by atoms with van der Waals surface area (Å²) < 4.78 is 19.3. The van der Waals surface area contributed by atoms with Crippen molar-refractivity contribution in [2.24, 2.45) is 5.92 Å².